The summed E-state index contributed by atoms with van der Waals surface area (Å²) >= 11 is 0. The number of nitrogens with zero attached hydrogens (tertiary/aromatic N) is 3. The summed E-state index contributed by atoms with van der Waals surface area (Å²) in [5, 5.41) is 15.3. The summed E-state index contributed by atoms with van der Waals surface area (Å²) in [7, 11) is 0. The molecular weight excluding hydrogens is 230 g/mol. The third-order valence-corrected chi connectivity index (χ3v) is 3.90. The third-order valence-electron chi connectivity index (χ3n) is 3.90. The number of hydrogen-bond donors (Lipinski definition) is 2. The molecule has 1 aliphatic carbocycles. The summed E-state index contributed by atoms with van der Waals surface area (Å²) in [4.78, 5) is 4.62. The van der Waals surface area contributed by atoms with Crippen molar-refractivity contribution in [1.82, 2.24) is 10.1 Å². The smallest absolute Gasteiger partial charge is 0.288 e. The lowest BCUT2D eigenvalue weighted by atomic mass is 9.89. The van der Waals surface area contributed by atoms with Gasteiger partial charge in [0.1, 0.15) is 5.52 Å². The van der Waals surface area contributed by atoms with Crippen molar-refractivity contribution in [3.8, 4) is 0 Å². The van der Waals surface area contributed by atoms with E-state index in [0.717, 1.165) is 17.5 Å². The average Bonchev–Trinajstić information content (AvgIpc) is 2.47. The maximum atomic E-state index is 11.7. The predicted molar refractivity (Wildman–Crippen MR) is 67.6 cm³/mol. The molecule has 0 spiro atoms. The molecule has 0 amide bonds. The van der Waals surface area contributed by atoms with Gasteiger partial charge in [-0.3, -0.25) is 0 Å². The fourth-order valence-electron chi connectivity index (χ4n) is 2.65. The van der Waals surface area contributed by atoms with Crippen LogP contribution in [0.25, 0.3) is 11.0 Å². The van der Waals surface area contributed by atoms with Gasteiger partial charge >= 0.3 is 0 Å². The molecule has 1 heterocycles. The Morgan fingerprint density at radius 2 is 2.22 bits per heavy atom. The number of benzene rings is 1. The molecule has 0 fully saturated rings. The Labute approximate surface area is 104 Å². The SMILES string of the molecule is CC1c2cc3c(cc2CC1(C)N)nc(N)n[n+]3[O-]. The highest BCUT2D eigenvalue weighted by Crippen LogP contribution is 2.39. The third kappa shape index (κ3) is 1.42. The number of fused-ring (bicyclic) bond motifs is 2. The van der Waals surface area contributed by atoms with E-state index < -0.39 is 0 Å². The number of anilines is 1. The molecule has 4 N–H and O–H groups in total. The van der Waals surface area contributed by atoms with Crippen LogP contribution in [-0.2, 0) is 6.42 Å². The van der Waals surface area contributed by atoms with E-state index in [-0.39, 0.29) is 17.4 Å². The first kappa shape index (κ1) is 11.2. The molecule has 2 atom stereocenters. The van der Waals surface area contributed by atoms with Crippen LogP contribution in [0.4, 0.5) is 5.95 Å². The van der Waals surface area contributed by atoms with Crippen LogP contribution in [0.15, 0.2) is 12.1 Å². The molecule has 94 valence electrons. The van der Waals surface area contributed by atoms with Crippen molar-refractivity contribution in [3.63, 3.8) is 0 Å². The fourth-order valence-corrected chi connectivity index (χ4v) is 2.65. The van der Waals surface area contributed by atoms with Gasteiger partial charge in [-0.2, -0.15) is 0 Å². The van der Waals surface area contributed by atoms with Crippen molar-refractivity contribution < 1.29 is 4.85 Å². The van der Waals surface area contributed by atoms with E-state index in [9.17, 15) is 5.21 Å². The van der Waals surface area contributed by atoms with Crippen LogP contribution < -0.4 is 16.3 Å². The van der Waals surface area contributed by atoms with Gasteiger partial charge in [0, 0.05) is 11.6 Å². The molecule has 3 rings (SSSR count). The van der Waals surface area contributed by atoms with Crippen molar-refractivity contribution in [1.29, 1.82) is 0 Å². The Bertz CT molecular complexity index is 652. The minimum Gasteiger partial charge on any atom is -0.594 e. The van der Waals surface area contributed by atoms with Gasteiger partial charge in [0.2, 0.25) is 0 Å². The summed E-state index contributed by atoms with van der Waals surface area (Å²) in [6.45, 7) is 4.10. The first-order chi connectivity index (χ1) is 8.38. The van der Waals surface area contributed by atoms with Crippen molar-refractivity contribution in [2.24, 2.45) is 5.73 Å². The Balaban J connectivity index is 2.30. The zero-order valence-corrected chi connectivity index (χ0v) is 10.3. The second-order valence-corrected chi connectivity index (χ2v) is 5.29. The van der Waals surface area contributed by atoms with Crippen molar-refractivity contribution in [2.75, 3.05) is 5.73 Å². The Kier molecular flexibility index (Phi) is 2.04. The highest BCUT2D eigenvalue weighted by molar-refractivity contribution is 5.75. The summed E-state index contributed by atoms with van der Waals surface area (Å²) in [5.41, 5.74) is 14.7. The minimum atomic E-state index is -0.285. The molecule has 0 aliphatic heterocycles. The lowest BCUT2D eigenvalue weighted by Gasteiger charge is -2.23. The molecule has 6 nitrogen and oxygen atoms in total. The highest BCUT2D eigenvalue weighted by atomic mass is 16.5. The number of hydrogen-bond acceptors (Lipinski definition) is 5. The van der Waals surface area contributed by atoms with Gasteiger partial charge in [0.15, 0.2) is 0 Å². The zero-order valence-electron chi connectivity index (χ0n) is 10.3. The molecule has 1 aliphatic rings. The standard InChI is InChI=1S/C12H15N5O/c1-6-8-4-10-9(15-11(13)16-17(10)18)3-7(8)5-12(6,2)14/h3-4,6H,5,14H2,1-2H3,(H2,13,15,16). The molecule has 6 heteroatoms. The number of rotatable bonds is 0. The quantitative estimate of drug-likeness (QED) is 0.510. The summed E-state index contributed by atoms with van der Waals surface area (Å²) in [6, 6.07) is 3.73. The van der Waals surface area contributed by atoms with E-state index >= 15 is 0 Å². The van der Waals surface area contributed by atoms with Gasteiger partial charge in [-0.05, 0) is 41.3 Å². The lowest BCUT2D eigenvalue weighted by Crippen LogP contribution is -2.39. The van der Waals surface area contributed by atoms with Gasteiger partial charge in [0.25, 0.3) is 11.5 Å². The Morgan fingerprint density at radius 3 is 2.94 bits per heavy atom. The van der Waals surface area contributed by atoms with Crippen LogP contribution in [0.2, 0.25) is 0 Å². The second kappa shape index (κ2) is 3.29. The highest BCUT2D eigenvalue weighted by Gasteiger charge is 2.37. The van der Waals surface area contributed by atoms with Crippen LogP contribution >= 0.6 is 0 Å². The first-order valence-electron chi connectivity index (χ1n) is 5.87. The van der Waals surface area contributed by atoms with Crippen molar-refractivity contribution in [3.05, 3.63) is 28.5 Å². The average molecular weight is 245 g/mol. The molecule has 1 aromatic carbocycles. The Hall–Kier alpha value is -1.95. The van der Waals surface area contributed by atoms with Crippen LogP contribution in [0.1, 0.15) is 30.9 Å². The van der Waals surface area contributed by atoms with Gasteiger partial charge < -0.3 is 16.7 Å². The monoisotopic (exact) mass is 245 g/mol. The second-order valence-electron chi connectivity index (χ2n) is 5.29. The van der Waals surface area contributed by atoms with Gasteiger partial charge in [-0.25, -0.2) is 4.98 Å². The summed E-state index contributed by atoms with van der Waals surface area (Å²) < 4.78 is 0. The van der Waals surface area contributed by atoms with E-state index in [0.29, 0.717) is 15.9 Å². The van der Waals surface area contributed by atoms with E-state index in [2.05, 4.69) is 17.0 Å². The largest absolute Gasteiger partial charge is 0.594 e. The minimum absolute atomic E-state index is 0.0148. The molecule has 2 aromatic rings. The van der Waals surface area contributed by atoms with Crippen LogP contribution in [-0.4, -0.2) is 15.6 Å². The van der Waals surface area contributed by atoms with Crippen LogP contribution in [0, 0.1) is 5.21 Å². The molecular formula is C12H15N5O. The number of aromatic nitrogens is 3. The fraction of sp³-hybridized carbons (Fsp3) is 0.417. The van der Waals surface area contributed by atoms with Gasteiger partial charge in [-0.15, -0.1) is 0 Å². The molecule has 0 radical (unpaired) electrons. The summed E-state index contributed by atoms with van der Waals surface area (Å²) in [6.07, 6.45) is 0.780. The van der Waals surface area contributed by atoms with E-state index in [1.165, 1.54) is 0 Å². The number of nitrogens with two attached hydrogens (primary N) is 2. The zero-order chi connectivity index (χ0) is 13.1. The Morgan fingerprint density at radius 1 is 1.50 bits per heavy atom. The lowest BCUT2D eigenvalue weighted by molar-refractivity contribution is -0.641. The van der Waals surface area contributed by atoms with Gasteiger partial charge in [-0.1, -0.05) is 6.92 Å². The van der Waals surface area contributed by atoms with Gasteiger partial charge in [0.05, 0.1) is 5.10 Å². The van der Waals surface area contributed by atoms with E-state index in [1.54, 1.807) is 0 Å². The van der Waals surface area contributed by atoms with Crippen molar-refractivity contribution in [2.45, 2.75) is 31.7 Å². The maximum absolute atomic E-state index is 11.7. The van der Waals surface area contributed by atoms with Crippen molar-refractivity contribution >= 4 is 17.0 Å². The van der Waals surface area contributed by atoms with E-state index in [4.69, 9.17) is 11.5 Å². The summed E-state index contributed by atoms with van der Waals surface area (Å²) in [5.74, 6) is 0.188. The van der Waals surface area contributed by atoms with E-state index in [1.807, 2.05) is 19.1 Å². The first-order valence-corrected chi connectivity index (χ1v) is 5.87. The molecule has 2 unspecified atom stereocenters. The topological polar surface area (TPSA) is 105 Å². The molecule has 1 aromatic heterocycles. The normalized spacial score (nSPS) is 26.5. The molecule has 18 heavy (non-hydrogen) atoms. The predicted octanol–water partition coefficient (Wildman–Crippen LogP) is 0.222. The number of nitrogen functional groups attached to an aromatic ring is 1. The van der Waals surface area contributed by atoms with Crippen LogP contribution in [0.3, 0.4) is 0 Å². The molecule has 0 saturated heterocycles. The maximum Gasteiger partial charge on any atom is 0.288 e. The molecule has 0 bridgehead atoms. The molecule has 0 saturated carbocycles. The van der Waals surface area contributed by atoms with Crippen LogP contribution in [0.5, 0.6) is 0 Å².